The zero-order valence-electron chi connectivity index (χ0n) is 11.7. The molecule has 0 bridgehead atoms. The molecule has 1 amide bonds. The smallest absolute Gasteiger partial charge is 0.256 e. The number of hydrogen-bond donors (Lipinski definition) is 1. The number of halogens is 1. The van der Waals surface area contributed by atoms with Crippen molar-refractivity contribution in [3.8, 4) is 0 Å². The van der Waals surface area contributed by atoms with Gasteiger partial charge in [-0.2, -0.15) is 0 Å². The lowest BCUT2D eigenvalue weighted by Crippen LogP contribution is -2.33. The highest BCUT2D eigenvalue weighted by Gasteiger charge is 2.17. The van der Waals surface area contributed by atoms with E-state index in [1.807, 2.05) is 21.0 Å². The second-order valence-corrected chi connectivity index (χ2v) is 5.02. The molecule has 19 heavy (non-hydrogen) atoms. The monoisotopic (exact) mass is 284 g/mol. The second-order valence-electron chi connectivity index (χ2n) is 4.64. The van der Waals surface area contributed by atoms with Gasteiger partial charge in [0.15, 0.2) is 0 Å². The lowest BCUT2D eigenvalue weighted by molar-refractivity contribution is 0.0760. The van der Waals surface area contributed by atoms with Crippen LogP contribution in [0.2, 0.25) is 5.15 Å². The van der Waals surface area contributed by atoms with Crippen molar-refractivity contribution in [2.24, 2.45) is 0 Å². The number of aromatic nitrogens is 1. The molecule has 0 spiro atoms. The van der Waals surface area contributed by atoms with Crippen LogP contribution in [0.3, 0.4) is 0 Å². The molecule has 0 saturated heterocycles. The summed E-state index contributed by atoms with van der Waals surface area (Å²) in [7, 11) is 4.03. The molecule has 0 aliphatic carbocycles. The van der Waals surface area contributed by atoms with Gasteiger partial charge in [0.1, 0.15) is 5.15 Å². The van der Waals surface area contributed by atoms with Crippen LogP contribution in [0.15, 0.2) is 12.3 Å². The fourth-order valence-electron chi connectivity index (χ4n) is 1.78. The van der Waals surface area contributed by atoms with Crippen LogP contribution in [0, 0.1) is 0 Å². The summed E-state index contributed by atoms with van der Waals surface area (Å²) in [5.74, 6) is -0.0944. The SMILES string of the molecule is CCN(CCCN(C)C)C(=O)c1cc(Cl)ncc1N. The van der Waals surface area contributed by atoms with Crippen molar-refractivity contribution in [1.29, 1.82) is 0 Å². The Bertz CT molecular complexity index is 437. The Hall–Kier alpha value is -1.33. The van der Waals surface area contributed by atoms with Gasteiger partial charge in [0.25, 0.3) is 5.91 Å². The maximum atomic E-state index is 12.4. The Labute approximate surface area is 119 Å². The Kier molecular flexibility index (Phi) is 6.05. The third-order valence-corrected chi connectivity index (χ3v) is 3.04. The highest BCUT2D eigenvalue weighted by atomic mass is 35.5. The normalized spacial score (nSPS) is 10.8. The van der Waals surface area contributed by atoms with Crippen molar-refractivity contribution >= 4 is 23.2 Å². The molecule has 0 fully saturated rings. The summed E-state index contributed by atoms with van der Waals surface area (Å²) in [5, 5.41) is 0.280. The third kappa shape index (κ3) is 4.69. The minimum atomic E-state index is -0.0944. The molecule has 1 heterocycles. The minimum absolute atomic E-state index is 0.0944. The summed E-state index contributed by atoms with van der Waals surface area (Å²) in [4.78, 5) is 20.1. The van der Waals surface area contributed by atoms with Crippen molar-refractivity contribution in [1.82, 2.24) is 14.8 Å². The van der Waals surface area contributed by atoms with Crippen molar-refractivity contribution in [3.05, 3.63) is 23.0 Å². The average molecular weight is 285 g/mol. The molecule has 0 radical (unpaired) electrons. The highest BCUT2D eigenvalue weighted by Crippen LogP contribution is 2.17. The van der Waals surface area contributed by atoms with Crippen molar-refractivity contribution in [3.63, 3.8) is 0 Å². The molecule has 1 rings (SSSR count). The summed E-state index contributed by atoms with van der Waals surface area (Å²) in [6.07, 6.45) is 2.34. The van der Waals surface area contributed by atoms with Gasteiger partial charge in [-0.3, -0.25) is 4.79 Å². The van der Waals surface area contributed by atoms with E-state index in [-0.39, 0.29) is 11.1 Å². The first kappa shape index (κ1) is 15.7. The maximum absolute atomic E-state index is 12.4. The maximum Gasteiger partial charge on any atom is 0.256 e. The molecule has 0 saturated carbocycles. The molecule has 1 aromatic rings. The molecule has 0 unspecified atom stereocenters. The van der Waals surface area contributed by atoms with Gasteiger partial charge in [-0.1, -0.05) is 11.6 Å². The highest BCUT2D eigenvalue weighted by molar-refractivity contribution is 6.29. The Morgan fingerprint density at radius 1 is 1.42 bits per heavy atom. The molecule has 106 valence electrons. The van der Waals surface area contributed by atoms with Crippen molar-refractivity contribution < 1.29 is 4.79 Å². The van der Waals surface area contributed by atoms with Crippen LogP contribution in [0.4, 0.5) is 5.69 Å². The molecular weight excluding hydrogens is 264 g/mol. The Balaban J connectivity index is 2.75. The zero-order chi connectivity index (χ0) is 14.4. The van der Waals surface area contributed by atoms with Gasteiger partial charge in [0, 0.05) is 13.1 Å². The summed E-state index contributed by atoms with van der Waals surface area (Å²) in [6.45, 7) is 4.24. The fraction of sp³-hybridized carbons (Fsp3) is 0.538. The predicted molar refractivity (Wildman–Crippen MR) is 78.4 cm³/mol. The molecular formula is C13H21ClN4O. The summed E-state index contributed by atoms with van der Waals surface area (Å²) >= 11 is 5.81. The molecule has 6 heteroatoms. The van der Waals surface area contributed by atoms with Crippen LogP contribution in [-0.4, -0.2) is 54.4 Å². The van der Waals surface area contributed by atoms with Crippen LogP contribution >= 0.6 is 11.6 Å². The van der Waals surface area contributed by atoms with E-state index in [1.165, 1.54) is 12.3 Å². The molecule has 0 atom stereocenters. The first-order valence-corrected chi connectivity index (χ1v) is 6.68. The lowest BCUT2D eigenvalue weighted by Gasteiger charge is -2.22. The number of nitrogens with zero attached hydrogens (tertiary/aromatic N) is 3. The van der Waals surface area contributed by atoms with E-state index < -0.39 is 0 Å². The molecule has 0 aliphatic rings. The van der Waals surface area contributed by atoms with E-state index >= 15 is 0 Å². The molecule has 1 aromatic heterocycles. The first-order valence-electron chi connectivity index (χ1n) is 6.30. The van der Waals surface area contributed by atoms with Gasteiger partial charge >= 0.3 is 0 Å². The number of anilines is 1. The Morgan fingerprint density at radius 3 is 2.68 bits per heavy atom. The molecule has 0 aliphatic heterocycles. The van der Waals surface area contributed by atoms with Crippen LogP contribution < -0.4 is 5.73 Å². The van der Waals surface area contributed by atoms with E-state index in [0.717, 1.165) is 13.0 Å². The lowest BCUT2D eigenvalue weighted by atomic mass is 10.2. The van der Waals surface area contributed by atoms with Gasteiger partial charge in [-0.15, -0.1) is 0 Å². The number of hydrogen-bond acceptors (Lipinski definition) is 4. The topological polar surface area (TPSA) is 62.5 Å². The van der Waals surface area contributed by atoms with E-state index in [0.29, 0.717) is 24.3 Å². The molecule has 2 N–H and O–H groups in total. The molecule has 0 aromatic carbocycles. The number of pyridine rings is 1. The largest absolute Gasteiger partial charge is 0.397 e. The third-order valence-electron chi connectivity index (χ3n) is 2.83. The van der Waals surface area contributed by atoms with Crippen LogP contribution in [0.25, 0.3) is 0 Å². The number of carbonyl (C=O) groups excluding carboxylic acids is 1. The average Bonchev–Trinajstić information content (AvgIpc) is 2.36. The predicted octanol–water partition coefficient (Wildman–Crippen LogP) is 1.73. The number of carbonyl (C=O) groups is 1. The van der Waals surface area contributed by atoms with Gasteiger partial charge in [0.2, 0.25) is 0 Å². The summed E-state index contributed by atoms with van der Waals surface area (Å²) in [6, 6.07) is 1.52. The van der Waals surface area contributed by atoms with E-state index in [9.17, 15) is 4.79 Å². The van der Waals surface area contributed by atoms with Crippen molar-refractivity contribution in [2.75, 3.05) is 39.5 Å². The van der Waals surface area contributed by atoms with Crippen LogP contribution in [0.1, 0.15) is 23.7 Å². The van der Waals surface area contributed by atoms with Crippen LogP contribution in [-0.2, 0) is 0 Å². The van der Waals surface area contributed by atoms with Gasteiger partial charge in [0.05, 0.1) is 17.4 Å². The van der Waals surface area contributed by atoms with Crippen LogP contribution in [0.5, 0.6) is 0 Å². The van der Waals surface area contributed by atoms with Gasteiger partial charge < -0.3 is 15.5 Å². The van der Waals surface area contributed by atoms with Gasteiger partial charge in [-0.25, -0.2) is 4.98 Å². The van der Waals surface area contributed by atoms with Gasteiger partial charge in [-0.05, 0) is 40.1 Å². The minimum Gasteiger partial charge on any atom is -0.397 e. The zero-order valence-corrected chi connectivity index (χ0v) is 12.4. The Morgan fingerprint density at radius 2 is 2.11 bits per heavy atom. The van der Waals surface area contributed by atoms with E-state index in [1.54, 1.807) is 4.90 Å². The standard InChI is InChI=1S/C13H21ClN4O/c1-4-18(7-5-6-17(2)3)13(19)10-8-12(14)16-9-11(10)15/h8-9H,4-7,15H2,1-3H3. The summed E-state index contributed by atoms with van der Waals surface area (Å²) < 4.78 is 0. The number of amides is 1. The molecule has 5 nitrogen and oxygen atoms in total. The number of rotatable bonds is 6. The number of nitrogens with two attached hydrogens (primary N) is 1. The van der Waals surface area contributed by atoms with E-state index in [2.05, 4.69) is 9.88 Å². The first-order chi connectivity index (χ1) is 8.95. The van der Waals surface area contributed by atoms with Crippen molar-refractivity contribution in [2.45, 2.75) is 13.3 Å². The summed E-state index contributed by atoms with van der Waals surface area (Å²) in [5.41, 5.74) is 6.57. The second kappa shape index (κ2) is 7.31. The quantitative estimate of drug-likeness (QED) is 0.808. The number of nitrogen functional groups attached to an aromatic ring is 1. The van der Waals surface area contributed by atoms with E-state index in [4.69, 9.17) is 17.3 Å². The fourth-order valence-corrected chi connectivity index (χ4v) is 1.93.